The third-order valence-electron chi connectivity index (χ3n) is 8.29. The van der Waals surface area contributed by atoms with Crippen LogP contribution >= 0.6 is 0 Å². The summed E-state index contributed by atoms with van der Waals surface area (Å²) in [5, 5.41) is 22.4. The molecule has 2 heterocycles. The SMILES string of the molecule is CC(C)(C)OC(=O)NCC1CCC(C(=O)NC(Cc2cccc(-c3cccnc3C(F)(F)F)c2)C(=O)Nc2ccc(-c3nn[nH]n3)cc2)CC1. The van der Waals surface area contributed by atoms with Crippen molar-refractivity contribution < 1.29 is 32.3 Å². The first-order chi connectivity index (χ1) is 23.7. The van der Waals surface area contributed by atoms with E-state index in [1.807, 2.05) is 0 Å². The highest BCUT2D eigenvalue weighted by Gasteiger charge is 2.36. The Kier molecular flexibility index (Phi) is 11.1. The van der Waals surface area contributed by atoms with Gasteiger partial charge in [-0.2, -0.15) is 18.4 Å². The Morgan fingerprint density at radius 1 is 0.960 bits per heavy atom. The summed E-state index contributed by atoms with van der Waals surface area (Å²) >= 11 is 0. The van der Waals surface area contributed by atoms with Gasteiger partial charge in [-0.25, -0.2) is 4.79 Å². The van der Waals surface area contributed by atoms with Crippen LogP contribution in [0.5, 0.6) is 0 Å². The third kappa shape index (κ3) is 9.86. The molecule has 1 aliphatic carbocycles. The number of hydrogen-bond donors (Lipinski definition) is 4. The van der Waals surface area contributed by atoms with Crippen LogP contribution in [0, 0.1) is 11.8 Å². The molecule has 2 aromatic carbocycles. The minimum Gasteiger partial charge on any atom is -0.444 e. The first-order valence-corrected chi connectivity index (χ1v) is 16.3. The highest BCUT2D eigenvalue weighted by atomic mass is 19.4. The normalized spacial score (nSPS) is 17.0. The fraction of sp³-hybridized carbons (Fsp3) is 0.400. The minimum atomic E-state index is -4.66. The number of ether oxygens (including phenoxy) is 1. The molecule has 0 saturated heterocycles. The van der Waals surface area contributed by atoms with Crippen molar-refractivity contribution in [3.63, 3.8) is 0 Å². The van der Waals surface area contributed by atoms with Gasteiger partial charge in [0.2, 0.25) is 17.6 Å². The molecule has 15 heteroatoms. The molecule has 264 valence electrons. The molecular weight excluding hydrogens is 653 g/mol. The van der Waals surface area contributed by atoms with Crippen LogP contribution in [-0.2, 0) is 26.9 Å². The van der Waals surface area contributed by atoms with Crippen LogP contribution in [0.4, 0.5) is 23.7 Å². The van der Waals surface area contributed by atoms with E-state index in [1.165, 1.54) is 12.1 Å². The van der Waals surface area contributed by atoms with E-state index in [9.17, 15) is 27.6 Å². The molecule has 2 aromatic heterocycles. The minimum absolute atomic E-state index is 0.0170. The zero-order valence-electron chi connectivity index (χ0n) is 27.9. The maximum atomic E-state index is 13.7. The lowest BCUT2D eigenvalue weighted by molar-refractivity contribution is -0.140. The Labute approximate surface area is 287 Å². The number of H-pyrrole nitrogens is 1. The molecule has 1 unspecified atom stereocenters. The molecule has 3 amide bonds. The second kappa shape index (κ2) is 15.5. The molecule has 12 nitrogen and oxygen atoms in total. The number of pyridine rings is 1. The van der Waals surface area contributed by atoms with E-state index >= 15 is 0 Å². The highest BCUT2D eigenvalue weighted by Crippen LogP contribution is 2.36. The number of nitrogens with one attached hydrogen (secondary N) is 4. The van der Waals surface area contributed by atoms with E-state index in [1.54, 1.807) is 69.3 Å². The molecule has 0 bridgehead atoms. The number of halogens is 3. The summed E-state index contributed by atoms with van der Waals surface area (Å²) in [6, 6.07) is 14.9. The lowest BCUT2D eigenvalue weighted by Gasteiger charge is -2.29. The standard InChI is InChI=1S/C35H39F3N8O4/c1-34(2,3)50-33(49)40-20-21-9-11-24(12-10-21)31(47)42-28(32(48)41-26-15-13-23(14-16-26)30-43-45-46-44-30)19-22-6-4-7-25(18-22)27-8-5-17-39-29(27)35(36,37)38/h4-8,13-18,21,24,28H,9-12,19-20H2,1-3H3,(H,40,49)(H,41,48)(H,42,47)(H,43,44,45,46). The Morgan fingerprint density at radius 3 is 2.36 bits per heavy atom. The number of carbonyl (C=O) groups is 3. The van der Waals surface area contributed by atoms with Gasteiger partial charge >= 0.3 is 12.3 Å². The van der Waals surface area contributed by atoms with Crippen molar-refractivity contribution in [2.24, 2.45) is 11.8 Å². The molecule has 1 fully saturated rings. The van der Waals surface area contributed by atoms with Crippen molar-refractivity contribution in [2.75, 3.05) is 11.9 Å². The van der Waals surface area contributed by atoms with E-state index < -0.39 is 35.5 Å². The topological polar surface area (TPSA) is 164 Å². The zero-order valence-corrected chi connectivity index (χ0v) is 27.9. The monoisotopic (exact) mass is 692 g/mol. The molecule has 1 saturated carbocycles. The average molecular weight is 693 g/mol. The van der Waals surface area contributed by atoms with E-state index in [2.05, 4.69) is 41.6 Å². The summed E-state index contributed by atoms with van der Waals surface area (Å²) in [4.78, 5) is 42.9. The summed E-state index contributed by atoms with van der Waals surface area (Å²) in [6.07, 6.45) is -1.51. The maximum Gasteiger partial charge on any atom is 0.433 e. The van der Waals surface area contributed by atoms with Crippen LogP contribution in [0.15, 0.2) is 66.9 Å². The van der Waals surface area contributed by atoms with Crippen LogP contribution in [0.3, 0.4) is 0 Å². The second-order valence-corrected chi connectivity index (χ2v) is 13.3. The molecule has 1 atom stereocenters. The molecule has 5 rings (SSSR count). The largest absolute Gasteiger partial charge is 0.444 e. The van der Waals surface area contributed by atoms with Gasteiger partial charge < -0.3 is 20.7 Å². The van der Waals surface area contributed by atoms with Gasteiger partial charge in [-0.1, -0.05) is 30.3 Å². The van der Waals surface area contributed by atoms with Crippen molar-refractivity contribution in [1.82, 2.24) is 36.2 Å². The molecular formula is C35H39F3N8O4. The van der Waals surface area contributed by atoms with Crippen LogP contribution < -0.4 is 16.0 Å². The molecule has 0 aliphatic heterocycles. The number of aromatic amines is 1. The van der Waals surface area contributed by atoms with Crippen molar-refractivity contribution in [2.45, 2.75) is 70.7 Å². The number of nitrogens with zero attached hydrogens (tertiary/aromatic N) is 4. The summed E-state index contributed by atoms with van der Waals surface area (Å²) in [7, 11) is 0. The fourth-order valence-electron chi connectivity index (χ4n) is 5.85. The van der Waals surface area contributed by atoms with Crippen LogP contribution in [0.1, 0.15) is 57.7 Å². The molecule has 4 N–H and O–H groups in total. The summed E-state index contributed by atoms with van der Waals surface area (Å²) in [5.41, 5.74) is 0.246. The van der Waals surface area contributed by atoms with E-state index in [4.69, 9.17) is 4.74 Å². The summed E-state index contributed by atoms with van der Waals surface area (Å²) in [6.45, 7) is 5.81. The van der Waals surface area contributed by atoms with Gasteiger partial charge in [0, 0.05) is 41.9 Å². The molecule has 0 spiro atoms. The third-order valence-corrected chi connectivity index (χ3v) is 8.29. The number of rotatable bonds is 10. The quantitative estimate of drug-likeness (QED) is 0.159. The van der Waals surface area contributed by atoms with Crippen LogP contribution in [0.25, 0.3) is 22.5 Å². The van der Waals surface area contributed by atoms with Crippen LogP contribution in [0.2, 0.25) is 0 Å². The lowest BCUT2D eigenvalue weighted by Crippen LogP contribution is -2.48. The van der Waals surface area contributed by atoms with Crippen molar-refractivity contribution in [3.8, 4) is 22.5 Å². The predicted octanol–water partition coefficient (Wildman–Crippen LogP) is 5.94. The second-order valence-electron chi connectivity index (χ2n) is 13.3. The average Bonchev–Trinajstić information content (AvgIpc) is 3.62. The van der Waals surface area contributed by atoms with Crippen molar-refractivity contribution in [1.29, 1.82) is 0 Å². The first-order valence-electron chi connectivity index (χ1n) is 16.3. The van der Waals surface area contributed by atoms with Crippen molar-refractivity contribution in [3.05, 3.63) is 78.1 Å². The summed E-state index contributed by atoms with van der Waals surface area (Å²) in [5.74, 6) is -0.584. The lowest BCUT2D eigenvalue weighted by atomic mass is 9.81. The highest BCUT2D eigenvalue weighted by molar-refractivity contribution is 5.97. The number of benzene rings is 2. The maximum absolute atomic E-state index is 13.7. The van der Waals surface area contributed by atoms with Gasteiger partial charge in [-0.15, -0.1) is 10.2 Å². The Hall–Kier alpha value is -5.34. The Bertz CT molecular complexity index is 1770. The number of amides is 3. The molecule has 4 aromatic rings. The number of anilines is 1. The van der Waals surface area contributed by atoms with Gasteiger partial charge in [0.05, 0.1) is 0 Å². The number of carbonyl (C=O) groups excluding carboxylic acids is 3. The Morgan fingerprint density at radius 2 is 1.70 bits per heavy atom. The van der Waals surface area contributed by atoms with E-state index in [0.717, 1.165) is 6.20 Å². The molecule has 1 aliphatic rings. The van der Waals surface area contributed by atoms with Gasteiger partial charge in [-0.3, -0.25) is 14.6 Å². The number of alkyl halides is 3. The first kappa shape index (κ1) is 36.0. The molecule has 50 heavy (non-hydrogen) atoms. The van der Waals surface area contributed by atoms with Crippen molar-refractivity contribution >= 4 is 23.6 Å². The smallest absolute Gasteiger partial charge is 0.433 e. The predicted molar refractivity (Wildman–Crippen MR) is 178 cm³/mol. The van der Waals surface area contributed by atoms with Gasteiger partial charge in [-0.05, 0) is 99.0 Å². The number of aromatic nitrogens is 5. The van der Waals surface area contributed by atoms with E-state index in [0.29, 0.717) is 54.9 Å². The fourth-order valence-corrected chi connectivity index (χ4v) is 5.85. The molecule has 0 radical (unpaired) electrons. The van der Waals surface area contributed by atoms with Gasteiger partial charge in [0.25, 0.3) is 0 Å². The Balaban J connectivity index is 1.29. The van der Waals surface area contributed by atoms with Gasteiger partial charge in [0.15, 0.2) is 5.69 Å². The van der Waals surface area contributed by atoms with Gasteiger partial charge in [0.1, 0.15) is 11.6 Å². The van der Waals surface area contributed by atoms with Crippen LogP contribution in [-0.4, -0.2) is 61.7 Å². The van der Waals surface area contributed by atoms with E-state index in [-0.39, 0.29) is 35.3 Å². The summed E-state index contributed by atoms with van der Waals surface area (Å²) < 4.78 is 46.5. The number of hydrogen-bond acceptors (Lipinski definition) is 8. The zero-order chi connectivity index (χ0) is 35.9. The number of alkyl carbamates (subject to hydrolysis) is 1. The number of tetrazole rings is 1.